The standard InChI is InChI=1S/C20H36N8O5/c21-7-3-1-5-14(23)18(31)27-15(6-2-4-8-22)20(33)28-16(9-13-10-24-12-26-13)19(32)25-11-17(29)30/h10,12,14-16H,1-9,11,21-23H2,(H,24,26)(H,25,32)(H,27,31)(H,28,33)(H,29,30). The second kappa shape index (κ2) is 15.7. The summed E-state index contributed by atoms with van der Waals surface area (Å²) in [5.41, 5.74) is 17.5. The summed E-state index contributed by atoms with van der Waals surface area (Å²) in [5, 5.41) is 16.4. The summed E-state index contributed by atoms with van der Waals surface area (Å²) in [5.74, 6) is -2.94. The molecule has 186 valence electrons. The monoisotopic (exact) mass is 468 g/mol. The van der Waals surface area contributed by atoms with Gasteiger partial charge in [0.05, 0.1) is 12.4 Å². The van der Waals surface area contributed by atoms with E-state index >= 15 is 0 Å². The van der Waals surface area contributed by atoms with Crippen LogP contribution in [0.25, 0.3) is 0 Å². The molecule has 1 aromatic heterocycles. The fourth-order valence-electron chi connectivity index (χ4n) is 3.06. The van der Waals surface area contributed by atoms with Crippen LogP contribution in [0.4, 0.5) is 0 Å². The average Bonchev–Trinajstić information content (AvgIpc) is 3.29. The van der Waals surface area contributed by atoms with E-state index in [1.165, 1.54) is 12.5 Å². The molecule has 3 unspecified atom stereocenters. The molecule has 33 heavy (non-hydrogen) atoms. The fourth-order valence-corrected chi connectivity index (χ4v) is 3.06. The van der Waals surface area contributed by atoms with E-state index < -0.39 is 48.4 Å². The van der Waals surface area contributed by atoms with Crippen molar-refractivity contribution >= 4 is 23.7 Å². The van der Waals surface area contributed by atoms with E-state index in [9.17, 15) is 19.2 Å². The van der Waals surface area contributed by atoms with Gasteiger partial charge >= 0.3 is 5.97 Å². The summed E-state index contributed by atoms with van der Waals surface area (Å²) in [6, 6.07) is -2.80. The number of aromatic nitrogens is 2. The van der Waals surface area contributed by atoms with Crippen molar-refractivity contribution in [3.8, 4) is 0 Å². The number of aromatic amines is 1. The lowest BCUT2D eigenvalue weighted by Crippen LogP contribution is -2.56. The number of amides is 3. The zero-order valence-corrected chi connectivity index (χ0v) is 18.7. The Hall–Kier alpha value is -3.03. The first-order chi connectivity index (χ1) is 15.8. The molecule has 0 aliphatic carbocycles. The highest BCUT2D eigenvalue weighted by atomic mass is 16.4. The van der Waals surface area contributed by atoms with Crippen molar-refractivity contribution < 1.29 is 24.3 Å². The molecule has 0 aliphatic rings. The largest absolute Gasteiger partial charge is 0.480 e. The second-order valence-electron chi connectivity index (χ2n) is 7.69. The van der Waals surface area contributed by atoms with Crippen molar-refractivity contribution in [2.24, 2.45) is 17.2 Å². The molecular weight excluding hydrogens is 432 g/mol. The lowest BCUT2D eigenvalue weighted by atomic mass is 10.0. The number of carboxylic acids is 1. The number of hydrogen-bond acceptors (Lipinski definition) is 8. The molecular formula is C20H36N8O5. The molecule has 1 heterocycles. The number of carbonyl (C=O) groups is 4. The van der Waals surface area contributed by atoms with Gasteiger partial charge in [0.15, 0.2) is 0 Å². The van der Waals surface area contributed by atoms with Crippen molar-refractivity contribution in [2.45, 2.75) is 63.1 Å². The molecule has 13 nitrogen and oxygen atoms in total. The lowest BCUT2D eigenvalue weighted by Gasteiger charge is -2.24. The highest BCUT2D eigenvalue weighted by Gasteiger charge is 2.28. The number of nitrogens with one attached hydrogen (secondary N) is 4. The molecule has 0 saturated heterocycles. The Morgan fingerprint density at radius 2 is 1.58 bits per heavy atom. The maximum atomic E-state index is 13.0. The Bertz CT molecular complexity index is 743. The van der Waals surface area contributed by atoms with E-state index in [1.54, 1.807) is 0 Å². The number of nitrogens with two attached hydrogens (primary N) is 3. The molecule has 0 spiro atoms. The first-order valence-electron chi connectivity index (χ1n) is 11.0. The van der Waals surface area contributed by atoms with E-state index in [0.29, 0.717) is 50.9 Å². The van der Waals surface area contributed by atoms with Crippen LogP contribution in [0.2, 0.25) is 0 Å². The summed E-state index contributed by atoms with van der Waals surface area (Å²) in [7, 11) is 0. The van der Waals surface area contributed by atoms with Gasteiger partial charge in [-0.05, 0) is 45.2 Å². The quantitative estimate of drug-likeness (QED) is 0.115. The van der Waals surface area contributed by atoms with Crippen LogP contribution in [0.15, 0.2) is 12.5 Å². The van der Waals surface area contributed by atoms with Gasteiger partial charge in [0.2, 0.25) is 17.7 Å². The average molecular weight is 469 g/mol. The number of hydrogen-bond donors (Lipinski definition) is 8. The van der Waals surface area contributed by atoms with Gasteiger partial charge in [-0.2, -0.15) is 0 Å². The number of H-pyrrole nitrogens is 1. The van der Waals surface area contributed by atoms with Gasteiger partial charge in [-0.25, -0.2) is 4.98 Å². The van der Waals surface area contributed by atoms with Gasteiger partial charge in [-0.1, -0.05) is 6.42 Å². The second-order valence-corrected chi connectivity index (χ2v) is 7.69. The molecule has 0 aliphatic heterocycles. The van der Waals surface area contributed by atoms with Gasteiger partial charge in [-0.3, -0.25) is 19.2 Å². The fraction of sp³-hybridized carbons (Fsp3) is 0.650. The zero-order chi connectivity index (χ0) is 24.6. The number of carboxylic acid groups (broad SMARTS) is 1. The maximum Gasteiger partial charge on any atom is 0.322 e. The Morgan fingerprint density at radius 1 is 0.939 bits per heavy atom. The molecule has 0 saturated carbocycles. The first kappa shape index (κ1) is 28.0. The third-order valence-electron chi connectivity index (χ3n) is 4.91. The van der Waals surface area contributed by atoms with Crippen LogP contribution in [0.5, 0.6) is 0 Å². The van der Waals surface area contributed by atoms with Crippen molar-refractivity contribution in [1.29, 1.82) is 0 Å². The maximum absolute atomic E-state index is 13.0. The van der Waals surface area contributed by atoms with Crippen molar-refractivity contribution in [3.05, 3.63) is 18.2 Å². The van der Waals surface area contributed by atoms with Crippen LogP contribution in [-0.4, -0.2) is 76.5 Å². The van der Waals surface area contributed by atoms with Gasteiger partial charge in [0, 0.05) is 18.3 Å². The van der Waals surface area contributed by atoms with Gasteiger partial charge < -0.3 is 43.2 Å². The minimum Gasteiger partial charge on any atom is -0.480 e. The minimum atomic E-state index is -1.22. The van der Waals surface area contributed by atoms with Gasteiger partial charge in [-0.15, -0.1) is 0 Å². The summed E-state index contributed by atoms with van der Waals surface area (Å²) in [4.78, 5) is 55.5. The molecule has 0 radical (unpaired) electrons. The Labute approximate surface area is 192 Å². The number of imidazole rings is 1. The molecule has 11 N–H and O–H groups in total. The topological polar surface area (TPSA) is 231 Å². The van der Waals surface area contributed by atoms with E-state index in [4.69, 9.17) is 22.3 Å². The molecule has 0 bridgehead atoms. The predicted molar refractivity (Wildman–Crippen MR) is 121 cm³/mol. The van der Waals surface area contributed by atoms with E-state index in [2.05, 4.69) is 25.9 Å². The molecule has 13 heteroatoms. The summed E-state index contributed by atoms with van der Waals surface area (Å²) in [6.45, 7) is 0.337. The Balaban J connectivity index is 2.87. The Morgan fingerprint density at radius 3 is 2.15 bits per heavy atom. The smallest absolute Gasteiger partial charge is 0.322 e. The van der Waals surface area contributed by atoms with Gasteiger partial charge in [0.25, 0.3) is 0 Å². The van der Waals surface area contributed by atoms with E-state index in [0.717, 1.165) is 6.42 Å². The molecule has 3 atom stereocenters. The highest BCUT2D eigenvalue weighted by Crippen LogP contribution is 2.06. The first-order valence-corrected chi connectivity index (χ1v) is 11.0. The summed E-state index contributed by atoms with van der Waals surface area (Å²) >= 11 is 0. The van der Waals surface area contributed by atoms with Crippen LogP contribution < -0.4 is 33.2 Å². The van der Waals surface area contributed by atoms with Crippen molar-refractivity contribution in [2.75, 3.05) is 19.6 Å². The van der Waals surface area contributed by atoms with Crippen LogP contribution in [-0.2, 0) is 25.6 Å². The van der Waals surface area contributed by atoms with Crippen molar-refractivity contribution in [1.82, 2.24) is 25.9 Å². The number of aliphatic carboxylic acids is 1. The third kappa shape index (κ3) is 11.4. The van der Waals surface area contributed by atoms with E-state index in [1.807, 2.05) is 0 Å². The van der Waals surface area contributed by atoms with E-state index in [-0.39, 0.29) is 6.42 Å². The molecule has 0 aromatic carbocycles. The molecule has 0 fully saturated rings. The SMILES string of the molecule is NCCCCC(N)C(=O)NC(CCCCN)C(=O)NC(Cc1cnc[nH]1)C(=O)NCC(=O)O. The summed E-state index contributed by atoms with van der Waals surface area (Å²) < 4.78 is 0. The van der Waals surface area contributed by atoms with Crippen LogP contribution in [0, 0.1) is 0 Å². The Kier molecular flexibility index (Phi) is 13.3. The molecule has 1 aromatic rings. The summed E-state index contributed by atoms with van der Waals surface area (Å²) in [6.07, 6.45) is 6.35. The van der Waals surface area contributed by atoms with Crippen LogP contribution >= 0.6 is 0 Å². The predicted octanol–water partition coefficient (Wildman–Crippen LogP) is -2.29. The molecule has 3 amide bonds. The number of carbonyl (C=O) groups excluding carboxylic acids is 3. The zero-order valence-electron chi connectivity index (χ0n) is 18.7. The van der Waals surface area contributed by atoms with Crippen LogP contribution in [0.1, 0.15) is 44.2 Å². The number of nitrogens with zero attached hydrogens (tertiary/aromatic N) is 1. The van der Waals surface area contributed by atoms with Crippen LogP contribution in [0.3, 0.4) is 0 Å². The van der Waals surface area contributed by atoms with Crippen molar-refractivity contribution in [3.63, 3.8) is 0 Å². The highest BCUT2D eigenvalue weighted by molar-refractivity contribution is 5.93. The third-order valence-corrected chi connectivity index (χ3v) is 4.91. The molecule has 1 rings (SSSR count). The number of unbranched alkanes of at least 4 members (excludes halogenated alkanes) is 2. The normalized spacial score (nSPS) is 13.5. The minimum absolute atomic E-state index is 0.0548. The van der Waals surface area contributed by atoms with Gasteiger partial charge in [0.1, 0.15) is 18.6 Å². The number of rotatable bonds is 17. The lowest BCUT2D eigenvalue weighted by molar-refractivity contribution is -0.138.